The van der Waals surface area contributed by atoms with E-state index in [4.69, 9.17) is 14.2 Å². The third-order valence-electron chi connectivity index (χ3n) is 6.46. The van der Waals surface area contributed by atoms with Gasteiger partial charge in [-0.1, -0.05) is 60.7 Å². The first-order valence-corrected chi connectivity index (χ1v) is 14.1. The van der Waals surface area contributed by atoms with Crippen LogP contribution in [0, 0.1) is 0 Å². The Morgan fingerprint density at radius 3 is 2.13 bits per heavy atom. The molecule has 0 aliphatic heterocycles. The number of para-hydroxylation sites is 1. The third kappa shape index (κ3) is 8.40. The highest BCUT2D eigenvalue weighted by Crippen LogP contribution is 2.35. The van der Waals surface area contributed by atoms with Crippen LogP contribution in [0.15, 0.2) is 78.9 Å². The van der Waals surface area contributed by atoms with Crippen LogP contribution in [0.4, 0.5) is 0 Å². The van der Waals surface area contributed by atoms with Crippen molar-refractivity contribution in [1.82, 2.24) is 9.62 Å². The average Bonchev–Trinajstić information content (AvgIpc) is 2.92. The number of methoxy groups -OCH3 is 2. The molecule has 0 bridgehead atoms. The number of benzene rings is 3. The number of hydrogen-bond donors (Lipinski definition) is 1. The van der Waals surface area contributed by atoms with E-state index in [1.807, 2.05) is 87.5 Å². The summed E-state index contributed by atoms with van der Waals surface area (Å²) in [6.07, 6.45) is 0.663. The number of ether oxygens (including phenoxy) is 3. The smallest absolute Gasteiger partial charge is 0.124 e. The fraction of sp³-hybridized carbons (Fsp3) is 0.419. The highest BCUT2D eigenvalue weighted by atomic mass is 32.2. The van der Waals surface area contributed by atoms with Crippen molar-refractivity contribution in [3.63, 3.8) is 0 Å². The van der Waals surface area contributed by atoms with Gasteiger partial charge in [0.25, 0.3) is 0 Å². The molecule has 6 nitrogen and oxygen atoms in total. The van der Waals surface area contributed by atoms with Crippen LogP contribution in [-0.4, -0.2) is 48.3 Å². The van der Waals surface area contributed by atoms with E-state index in [9.17, 15) is 4.21 Å². The van der Waals surface area contributed by atoms with Crippen LogP contribution in [0.5, 0.6) is 11.5 Å². The van der Waals surface area contributed by atoms with Gasteiger partial charge in [-0.3, -0.25) is 0 Å². The summed E-state index contributed by atoms with van der Waals surface area (Å²) in [7, 11) is 4.11. The van der Waals surface area contributed by atoms with Gasteiger partial charge >= 0.3 is 0 Å². The normalized spacial score (nSPS) is 14.2. The molecule has 38 heavy (non-hydrogen) atoms. The summed E-state index contributed by atoms with van der Waals surface area (Å²) >= 11 is 0. The first-order valence-electron chi connectivity index (χ1n) is 12.9. The molecule has 7 heteroatoms. The molecule has 0 aliphatic rings. The summed E-state index contributed by atoms with van der Waals surface area (Å²) in [5.41, 5.74) is 2.48. The fourth-order valence-electron chi connectivity index (χ4n) is 4.21. The first-order chi connectivity index (χ1) is 18.2. The van der Waals surface area contributed by atoms with E-state index in [2.05, 4.69) is 28.8 Å². The summed E-state index contributed by atoms with van der Waals surface area (Å²) in [6, 6.07) is 26.2. The van der Waals surface area contributed by atoms with Gasteiger partial charge in [0.15, 0.2) is 0 Å². The molecule has 0 amide bonds. The van der Waals surface area contributed by atoms with Gasteiger partial charge in [0.1, 0.15) is 11.5 Å². The molecule has 3 aromatic rings. The minimum atomic E-state index is -1.34. The van der Waals surface area contributed by atoms with Gasteiger partial charge in [-0.25, -0.2) is 8.93 Å². The van der Waals surface area contributed by atoms with E-state index >= 15 is 0 Å². The molecule has 0 saturated carbocycles. The van der Waals surface area contributed by atoms with Crippen molar-refractivity contribution >= 4 is 11.0 Å². The van der Waals surface area contributed by atoms with Gasteiger partial charge in [0.05, 0.1) is 48.7 Å². The lowest BCUT2D eigenvalue weighted by Crippen LogP contribution is -2.52. The van der Waals surface area contributed by atoms with Crippen molar-refractivity contribution in [2.45, 2.75) is 50.6 Å². The van der Waals surface area contributed by atoms with Gasteiger partial charge in [0, 0.05) is 18.7 Å². The largest absolute Gasteiger partial charge is 0.497 e. The zero-order valence-corrected chi connectivity index (χ0v) is 24.3. The van der Waals surface area contributed by atoms with Crippen LogP contribution in [-0.2, 0) is 34.4 Å². The molecule has 1 N–H and O–H groups in total. The van der Waals surface area contributed by atoms with Crippen LogP contribution < -0.4 is 14.2 Å². The second kappa shape index (κ2) is 13.9. The summed E-state index contributed by atoms with van der Waals surface area (Å²) in [5, 5.41) is 0. The van der Waals surface area contributed by atoms with Crippen molar-refractivity contribution < 1.29 is 18.4 Å². The average molecular weight is 539 g/mol. The molecule has 0 spiro atoms. The van der Waals surface area contributed by atoms with Crippen LogP contribution >= 0.6 is 0 Å². The Morgan fingerprint density at radius 2 is 1.50 bits per heavy atom. The lowest BCUT2D eigenvalue weighted by molar-refractivity contribution is 0.0563. The summed E-state index contributed by atoms with van der Waals surface area (Å²) < 4.78 is 34.0. The van der Waals surface area contributed by atoms with Crippen LogP contribution in [0.2, 0.25) is 0 Å². The quantitative estimate of drug-likeness (QED) is 0.286. The minimum absolute atomic E-state index is 0.334. The molecule has 3 rings (SSSR count). The molecule has 0 unspecified atom stereocenters. The maximum Gasteiger partial charge on any atom is 0.124 e. The third-order valence-corrected chi connectivity index (χ3v) is 8.15. The van der Waals surface area contributed by atoms with Crippen LogP contribution in [0.3, 0.4) is 0 Å². The predicted octanol–water partition coefficient (Wildman–Crippen LogP) is 5.69. The van der Waals surface area contributed by atoms with Crippen molar-refractivity contribution in [3.8, 4) is 11.5 Å². The monoisotopic (exact) mass is 538 g/mol. The molecule has 3 aromatic carbocycles. The Hall–Kier alpha value is -2.71. The van der Waals surface area contributed by atoms with Crippen LogP contribution in [0.1, 0.15) is 43.9 Å². The van der Waals surface area contributed by atoms with Gasteiger partial charge in [0.2, 0.25) is 0 Å². The highest BCUT2D eigenvalue weighted by molar-refractivity contribution is 7.84. The molecule has 0 fully saturated rings. The van der Waals surface area contributed by atoms with E-state index in [1.165, 1.54) is 5.56 Å². The van der Waals surface area contributed by atoms with Crippen LogP contribution in [0.25, 0.3) is 0 Å². The SMILES string of the molecule is COc1ccc(CN(C)CC[C@](COCc2ccccc2)(N[S@](=O)C(C)(C)C)c2ccccc2OC)cc1. The Labute approximate surface area is 230 Å². The second-order valence-corrected chi connectivity index (χ2v) is 12.5. The lowest BCUT2D eigenvalue weighted by Gasteiger charge is -2.38. The van der Waals surface area contributed by atoms with Gasteiger partial charge < -0.3 is 19.1 Å². The molecule has 0 saturated heterocycles. The zero-order valence-electron chi connectivity index (χ0n) is 23.5. The van der Waals surface area contributed by atoms with Gasteiger partial charge in [-0.05, 0) is 63.6 Å². The number of nitrogens with one attached hydrogen (secondary N) is 1. The first kappa shape index (κ1) is 29.8. The topological polar surface area (TPSA) is 60.0 Å². The molecular formula is C31H42N2O4S. The molecule has 0 aromatic heterocycles. The zero-order chi connectivity index (χ0) is 27.6. The number of rotatable bonds is 14. The Bertz CT molecular complexity index is 1150. The molecule has 0 aliphatic carbocycles. The summed E-state index contributed by atoms with van der Waals surface area (Å²) in [5.74, 6) is 1.59. The maximum absolute atomic E-state index is 13.6. The standard InChI is InChI=1S/C31H42N2O4S/c1-30(2,3)38(34)32-31(28-14-10-11-15-29(28)36-6,24-37-23-26-12-8-7-9-13-26)20-21-33(4)22-25-16-18-27(35-5)19-17-25/h7-19,32H,20-24H2,1-6H3/t31-,38-/m1/s1. The van der Waals surface area contributed by atoms with Crippen molar-refractivity contribution in [3.05, 3.63) is 95.6 Å². The minimum Gasteiger partial charge on any atom is -0.497 e. The van der Waals surface area contributed by atoms with Gasteiger partial charge in [-0.15, -0.1) is 0 Å². The fourth-order valence-corrected chi connectivity index (χ4v) is 5.14. The van der Waals surface area contributed by atoms with Crippen molar-refractivity contribution in [2.24, 2.45) is 0 Å². The van der Waals surface area contributed by atoms with Crippen molar-refractivity contribution in [1.29, 1.82) is 0 Å². The predicted molar refractivity (Wildman–Crippen MR) is 156 cm³/mol. The van der Waals surface area contributed by atoms with E-state index in [0.29, 0.717) is 19.6 Å². The van der Waals surface area contributed by atoms with E-state index < -0.39 is 21.3 Å². The highest BCUT2D eigenvalue weighted by Gasteiger charge is 2.39. The Kier molecular flexibility index (Phi) is 10.9. The van der Waals surface area contributed by atoms with E-state index in [-0.39, 0.29) is 0 Å². The molecule has 206 valence electrons. The Morgan fingerprint density at radius 1 is 0.842 bits per heavy atom. The Balaban J connectivity index is 1.90. The number of hydrogen-bond acceptors (Lipinski definition) is 5. The maximum atomic E-state index is 13.6. The van der Waals surface area contributed by atoms with Crippen molar-refractivity contribution in [2.75, 3.05) is 34.4 Å². The van der Waals surface area contributed by atoms with Gasteiger partial charge in [-0.2, -0.15) is 0 Å². The van der Waals surface area contributed by atoms with E-state index in [0.717, 1.165) is 35.7 Å². The molecule has 2 atom stereocenters. The number of nitrogens with zero attached hydrogens (tertiary/aromatic N) is 1. The summed E-state index contributed by atoms with van der Waals surface area (Å²) in [6.45, 7) is 8.24. The lowest BCUT2D eigenvalue weighted by atomic mass is 9.87. The molecule has 0 heterocycles. The second-order valence-electron chi connectivity index (χ2n) is 10.6. The summed E-state index contributed by atoms with van der Waals surface area (Å²) in [4.78, 5) is 2.27. The molecule has 0 radical (unpaired) electrons. The van der Waals surface area contributed by atoms with E-state index in [1.54, 1.807) is 14.2 Å². The molecular weight excluding hydrogens is 496 g/mol.